The molecule has 2 N–H and O–H groups in total. The number of rotatable bonds is 7. The van der Waals surface area contributed by atoms with E-state index in [4.69, 9.17) is 4.74 Å². The first-order valence-electron chi connectivity index (χ1n) is 10.7. The molecule has 2 saturated carbocycles. The van der Waals surface area contributed by atoms with E-state index in [0.29, 0.717) is 0 Å². The summed E-state index contributed by atoms with van der Waals surface area (Å²) in [6.45, 7) is 7.82. The summed E-state index contributed by atoms with van der Waals surface area (Å²) >= 11 is 0. The molecule has 2 rings (SSSR count). The molecule has 10 heteroatoms. The maximum absolute atomic E-state index is 12.5. The molecule has 0 aliphatic heterocycles. The van der Waals surface area contributed by atoms with Crippen molar-refractivity contribution in [1.82, 2.24) is 10.6 Å². The van der Waals surface area contributed by atoms with Crippen molar-refractivity contribution in [2.24, 2.45) is 0 Å². The predicted molar refractivity (Wildman–Crippen MR) is 122 cm³/mol. The van der Waals surface area contributed by atoms with E-state index in [-0.39, 0.29) is 23.5 Å². The van der Waals surface area contributed by atoms with Gasteiger partial charge in [-0.3, -0.25) is 9.59 Å². The largest absolute Gasteiger partial charge is 2.00 e. The van der Waals surface area contributed by atoms with Crippen LogP contribution in [0.1, 0.15) is 41.0 Å². The van der Waals surface area contributed by atoms with Gasteiger partial charge in [0.05, 0.1) is 0 Å². The number of hydrogen-bond acceptors (Lipinski definition) is 4. The molecule has 2 aliphatic carbocycles. The third-order valence-corrected chi connectivity index (χ3v) is 4.19. The van der Waals surface area contributed by atoms with Gasteiger partial charge in [0.1, 0.15) is 17.7 Å². The molecule has 2 aliphatic rings. The average molecular weight is 536 g/mol. The van der Waals surface area contributed by atoms with Crippen LogP contribution in [-0.4, -0.2) is 41.6 Å². The van der Waals surface area contributed by atoms with Crippen LogP contribution in [0, 0.1) is 63.7 Å². The van der Waals surface area contributed by atoms with Gasteiger partial charge < -0.3 is 15.4 Å². The van der Waals surface area contributed by atoms with E-state index < -0.39 is 41.6 Å². The molecule has 6 nitrogen and oxygen atoms in total. The van der Waals surface area contributed by atoms with Gasteiger partial charge in [0, 0.05) is 5.92 Å². The molecule has 0 aromatic rings. The van der Waals surface area contributed by atoms with Gasteiger partial charge in [-0.1, -0.05) is 11.6 Å². The van der Waals surface area contributed by atoms with E-state index in [1.807, 2.05) is 63.9 Å². The van der Waals surface area contributed by atoms with Crippen LogP contribution in [0.5, 0.6) is 0 Å². The molecule has 0 aromatic carbocycles. The van der Waals surface area contributed by atoms with Gasteiger partial charge in [-0.2, -0.15) is 13.2 Å². The second-order valence-corrected chi connectivity index (χ2v) is 8.66. The Kier molecular flexibility index (Phi) is 14.9. The molecule has 2 fully saturated rings. The first-order valence-corrected chi connectivity index (χ1v) is 10.7. The molecular weight excluding hydrogens is 505 g/mol. The third kappa shape index (κ3) is 14.6. The smallest absolute Gasteiger partial charge is 0.458 e. The number of halogens is 3. The van der Waals surface area contributed by atoms with Crippen LogP contribution in [0.4, 0.5) is 13.2 Å². The van der Waals surface area contributed by atoms with E-state index in [1.165, 1.54) is 0 Å². The van der Waals surface area contributed by atoms with Gasteiger partial charge >= 0.3 is 35.1 Å². The zero-order chi connectivity index (χ0) is 25.9. The number of hydrogen-bond donors (Lipinski definition) is 2. The summed E-state index contributed by atoms with van der Waals surface area (Å²) in [5.74, 6) is -2.99. The standard InChI is InChI=1S/C20H26F3N2O4.C5H5.Fe/c1-12(10-14-8-6-7-9-14)11-15(17(27)29-19(3,4)5)25-16(26)13(2)24-18(28)20(21,22)23;1-2-4-5-3-1;/h6-10,13,15H,11H2,1-5H3,(H,24,28)(H,25,26);1-5H;/q;;+2/b12-10+;;/t13-,15+;;/m0../s1. The Morgan fingerprint density at radius 1 is 0.943 bits per heavy atom. The molecule has 0 bridgehead atoms. The first kappa shape index (κ1) is 33.5. The van der Waals surface area contributed by atoms with Crippen molar-refractivity contribution in [3.05, 3.63) is 75.4 Å². The summed E-state index contributed by atoms with van der Waals surface area (Å²) in [4.78, 5) is 35.8. The Labute approximate surface area is 218 Å². The van der Waals surface area contributed by atoms with Crippen LogP contribution < -0.4 is 10.6 Å². The number of nitrogens with one attached hydrogen (secondary N) is 2. The minimum atomic E-state index is -5.11. The van der Waals surface area contributed by atoms with Gasteiger partial charge in [-0.05, 0) is 98.8 Å². The van der Waals surface area contributed by atoms with Crippen molar-refractivity contribution in [1.29, 1.82) is 0 Å². The number of ether oxygens (including phenoxy) is 1. The van der Waals surface area contributed by atoms with Crippen LogP contribution in [0.3, 0.4) is 0 Å². The van der Waals surface area contributed by atoms with E-state index in [0.717, 1.165) is 18.4 Å². The summed E-state index contributed by atoms with van der Waals surface area (Å²) in [6.07, 6.45) is 14.2. The molecule has 192 valence electrons. The molecular formula is C25H31F3FeN2O4+2. The maximum atomic E-state index is 12.5. The Bertz CT molecular complexity index is 703. The van der Waals surface area contributed by atoms with Crippen LogP contribution in [0.2, 0.25) is 0 Å². The zero-order valence-electron chi connectivity index (χ0n) is 20.3. The normalized spacial score (nSPS) is 18.5. The van der Waals surface area contributed by atoms with E-state index in [2.05, 4.69) is 5.32 Å². The van der Waals surface area contributed by atoms with Crippen molar-refractivity contribution in [2.45, 2.75) is 64.9 Å². The quantitative estimate of drug-likeness (QED) is 0.385. The Morgan fingerprint density at radius 3 is 1.86 bits per heavy atom. The molecule has 0 saturated heterocycles. The zero-order valence-corrected chi connectivity index (χ0v) is 21.4. The van der Waals surface area contributed by atoms with Crippen molar-refractivity contribution >= 4 is 17.8 Å². The number of amides is 2. The number of carbonyl (C=O) groups is 3. The van der Waals surface area contributed by atoms with Crippen molar-refractivity contribution < 1.29 is 49.4 Å². The minimum absolute atomic E-state index is 0. The SMILES string of the molecule is C/C(=C\[C]1[CH][CH][CH][CH]1)C[C@@H](NC(=O)[C@H](C)NC(=O)C(F)(F)F)C(=O)OC(C)(C)C.[CH]1[CH][CH][CH][CH]1.[Fe+2]. The van der Waals surface area contributed by atoms with Gasteiger partial charge in [0.25, 0.3) is 0 Å². The second-order valence-electron chi connectivity index (χ2n) is 8.66. The van der Waals surface area contributed by atoms with Gasteiger partial charge in [-0.15, -0.1) is 0 Å². The molecule has 0 spiro atoms. The number of carbonyl (C=O) groups excluding carboxylic acids is 3. The fourth-order valence-electron chi connectivity index (χ4n) is 2.68. The number of allylic oxidation sites excluding steroid dienone is 1. The summed E-state index contributed by atoms with van der Waals surface area (Å²) < 4.78 is 42.4. The minimum Gasteiger partial charge on any atom is -0.458 e. The molecule has 0 heterocycles. The molecule has 2 amide bonds. The fourth-order valence-corrected chi connectivity index (χ4v) is 2.68. The van der Waals surface area contributed by atoms with Crippen molar-refractivity contribution in [2.75, 3.05) is 0 Å². The van der Waals surface area contributed by atoms with Crippen molar-refractivity contribution in [3.8, 4) is 0 Å². The van der Waals surface area contributed by atoms with Gasteiger partial charge in [0.2, 0.25) is 5.91 Å². The molecule has 0 aromatic heterocycles. The van der Waals surface area contributed by atoms with E-state index >= 15 is 0 Å². The molecule has 2 atom stereocenters. The van der Waals surface area contributed by atoms with Crippen LogP contribution >= 0.6 is 0 Å². The Hall–Kier alpha value is -1.54. The summed E-state index contributed by atoms with van der Waals surface area (Å²) in [5.41, 5.74) is -0.0706. The third-order valence-electron chi connectivity index (χ3n) is 4.19. The summed E-state index contributed by atoms with van der Waals surface area (Å²) in [5, 5.41) is 3.93. The Morgan fingerprint density at radius 2 is 1.43 bits per heavy atom. The van der Waals surface area contributed by atoms with Crippen LogP contribution in [0.15, 0.2) is 11.6 Å². The maximum Gasteiger partial charge on any atom is 2.00 e. The van der Waals surface area contributed by atoms with E-state index in [1.54, 1.807) is 33.0 Å². The van der Waals surface area contributed by atoms with Crippen LogP contribution in [0.25, 0.3) is 0 Å². The summed E-state index contributed by atoms with van der Waals surface area (Å²) in [7, 11) is 0. The second kappa shape index (κ2) is 15.5. The topological polar surface area (TPSA) is 84.5 Å². The first-order chi connectivity index (χ1) is 15.7. The van der Waals surface area contributed by atoms with Crippen LogP contribution in [-0.2, 0) is 36.2 Å². The molecule has 10 radical (unpaired) electrons. The molecule has 35 heavy (non-hydrogen) atoms. The fraction of sp³-hybridized carbons (Fsp3) is 0.400. The van der Waals surface area contributed by atoms with Gasteiger partial charge in [-0.25, -0.2) is 4.79 Å². The monoisotopic (exact) mass is 536 g/mol. The predicted octanol–water partition coefficient (Wildman–Crippen LogP) is 3.64. The van der Waals surface area contributed by atoms with Gasteiger partial charge in [0.15, 0.2) is 0 Å². The van der Waals surface area contributed by atoms with Crippen molar-refractivity contribution in [3.63, 3.8) is 0 Å². The Balaban J connectivity index is 0.00000170. The number of alkyl halides is 3. The summed E-state index contributed by atoms with van der Waals surface area (Å²) in [6, 6.07) is -2.62. The average Bonchev–Trinajstić information content (AvgIpc) is 3.42. The van der Waals surface area contributed by atoms with E-state index in [9.17, 15) is 27.6 Å². The molecule has 0 unspecified atom stereocenters. The number of esters is 1.